The molecule has 4 heteroatoms. The van der Waals surface area contributed by atoms with Crippen molar-refractivity contribution >= 4 is 15.9 Å². The third kappa shape index (κ3) is 4.96. The summed E-state index contributed by atoms with van der Waals surface area (Å²) in [5.41, 5.74) is 2.39. The fraction of sp³-hybridized carbons (Fsp3) is 0.571. The van der Waals surface area contributed by atoms with Gasteiger partial charge in [0.05, 0.1) is 0 Å². The van der Waals surface area contributed by atoms with Gasteiger partial charge in [-0.3, -0.25) is 0 Å². The molecule has 0 saturated heterocycles. The SMILES string of the molecule is CCNCc1cc(Br)cc(C)c1OCCN(C)C. The van der Waals surface area contributed by atoms with Gasteiger partial charge in [-0.25, -0.2) is 0 Å². The number of likely N-dealkylation sites (N-methyl/N-ethyl adjacent to an activating group) is 1. The number of halogens is 1. The number of rotatable bonds is 7. The fourth-order valence-electron chi connectivity index (χ4n) is 1.73. The Morgan fingerprint density at radius 3 is 2.67 bits per heavy atom. The summed E-state index contributed by atoms with van der Waals surface area (Å²) in [4.78, 5) is 2.12. The van der Waals surface area contributed by atoms with Crippen LogP contribution in [0.2, 0.25) is 0 Å². The van der Waals surface area contributed by atoms with Crippen LogP contribution in [0.1, 0.15) is 18.1 Å². The maximum atomic E-state index is 5.93. The molecule has 0 radical (unpaired) electrons. The van der Waals surface area contributed by atoms with Gasteiger partial charge < -0.3 is 15.0 Å². The first-order chi connectivity index (χ1) is 8.54. The molecule has 0 unspecified atom stereocenters. The molecule has 102 valence electrons. The van der Waals surface area contributed by atoms with E-state index >= 15 is 0 Å². The molecule has 1 aromatic rings. The number of nitrogens with zero attached hydrogens (tertiary/aromatic N) is 1. The van der Waals surface area contributed by atoms with Gasteiger partial charge in [-0.1, -0.05) is 22.9 Å². The highest BCUT2D eigenvalue weighted by Crippen LogP contribution is 2.28. The summed E-state index contributed by atoms with van der Waals surface area (Å²) in [7, 11) is 4.11. The second kappa shape index (κ2) is 7.77. The van der Waals surface area contributed by atoms with Crippen molar-refractivity contribution in [2.45, 2.75) is 20.4 Å². The zero-order chi connectivity index (χ0) is 13.5. The lowest BCUT2D eigenvalue weighted by molar-refractivity contribution is 0.258. The molecule has 0 spiro atoms. The average molecular weight is 315 g/mol. The van der Waals surface area contributed by atoms with Crippen LogP contribution in [-0.4, -0.2) is 38.7 Å². The molecule has 0 heterocycles. The molecule has 1 N–H and O–H groups in total. The maximum Gasteiger partial charge on any atom is 0.126 e. The van der Waals surface area contributed by atoms with Gasteiger partial charge in [-0.15, -0.1) is 0 Å². The number of hydrogen-bond acceptors (Lipinski definition) is 3. The summed E-state index contributed by atoms with van der Waals surface area (Å²) in [6.45, 7) is 7.64. The van der Waals surface area contributed by atoms with Crippen molar-refractivity contribution in [3.63, 3.8) is 0 Å². The molecule has 0 aliphatic heterocycles. The standard InChI is InChI=1S/C14H23BrN2O/c1-5-16-10-12-9-13(15)8-11(2)14(12)18-7-6-17(3)4/h8-9,16H,5-7,10H2,1-4H3. The van der Waals surface area contributed by atoms with Crippen molar-refractivity contribution in [1.82, 2.24) is 10.2 Å². The largest absolute Gasteiger partial charge is 0.492 e. The second-order valence-electron chi connectivity index (χ2n) is 4.64. The van der Waals surface area contributed by atoms with Crippen molar-refractivity contribution in [3.8, 4) is 5.75 Å². The molecule has 18 heavy (non-hydrogen) atoms. The molecule has 0 fully saturated rings. The average Bonchev–Trinajstić information content (AvgIpc) is 2.28. The summed E-state index contributed by atoms with van der Waals surface area (Å²) < 4.78 is 7.03. The Morgan fingerprint density at radius 1 is 1.33 bits per heavy atom. The van der Waals surface area contributed by atoms with Crippen LogP contribution in [0.15, 0.2) is 16.6 Å². The van der Waals surface area contributed by atoms with Crippen LogP contribution in [0, 0.1) is 6.92 Å². The molecule has 0 amide bonds. The summed E-state index contributed by atoms with van der Waals surface area (Å²) in [5, 5.41) is 3.35. The Bertz CT molecular complexity index is 380. The predicted molar refractivity (Wildman–Crippen MR) is 80.3 cm³/mol. The monoisotopic (exact) mass is 314 g/mol. The highest BCUT2D eigenvalue weighted by Gasteiger charge is 2.09. The Balaban J connectivity index is 2.78. The van der Waals surface area contributed by atoms with E-state index in [1.165, 1.54) is 11.1 Å². The molecule has 1 aromatic carbocycles. The maximum absolute atomic E-state index is 5.93. The van der Waals surface area contributed by atoms with Gasteiger partial charge in [0.1, 0.15) is 12.4 Å². The smallest absolute Gasteiger partial charge is 0.126 e. The van der Waals surface area contributed by atoms with Gasteiger partial charge in [-0.05, 0) is 45.3 Å². The third-order valence-electron chi connectivity index (χ3n) is 2.67. The molecule has 3 nitrogen and oxygen atoms in total. The molecule has 0 aliphatic carbocycles. The van der Waals surface area contributed by atoms with E-state index in [4.69, 9.17) is 4.74 Å². The Labute approximate surface area is 119 Å². The van der Waals surface area contributed by atoms with Crippen LogP contribution in [-0.2, 0) is 6.54 Å². The number of aryl methyl sites for hydroxylation is 1. The third-order valence-corrected chi connectivity index (χ3v) is 3.12. The molecule has 1 rings (SSSR count). The first-order valence-electron chi connectivity index (χ1n) is 6.31. The Kier molecular flexibility index (Phi) is 6.68. The van der Waals surface area contributed by atoms with Crippen LogP contribution in [0.3, 0.4) is 0 Å². The van der Waals surface area contributed by atoms with E-state index in [9.17, 15) is 0 Å². The van der Waals surface area contributed by atoms with Gasteiger partial charge in [0, 0.05) is 23.1 Å². The van der Waals surface area contributed by atoms with Crippen molar-refractivity contribution in [2.24, 2.45) is 0 Å². The second-order valence-corrected chi connectivity index (χ2v) is 5.56. The number of nitrogens with one attached hydrogen (secondary N) is 1. The van der Waals surface area contributed by atoms with Gasteiger partial charge in [0.2, 0.25) is 0 Å². The molecule has 0 bridgehead atoms. The summed E-state index contributed by atoms with van der Waals surface area (Å²) in [6.07, 6.45) is 0. The molecular weight excluding hydrogens is 292 g/mol. The van der Waals surface area contributed by atoms with Gasteiger partial charge >= 0.3 is 0 Å². The molecule has 0 atom stereocenters. The normalized spacial score (nSPS) is 11.0. The van der Waals surface area contributed by atoms with E-state index in [0.717, 1.165) is 29.9 Å². The fourth-order valence-corrected chi connectivity index (χ4v) is 2.35. The van der Waals surface area contributed by atoms with E-state index in [0.29, 0.717) is 6.61 Å². The van der Waals surface area contributed by atoms with Crippen LogP contribution in [0.4, 0.5) is 0 Å². The van der Waals surface area contributed by atoms with E-state index in [-0.39, 0.29) is 0 Å². The minimum Gasteiger partial charge on any atom is -0.492 e. The van der Waals surface area contributed by atoms with Gasteiger partial charge in [-0.2, -0.15) is 0 Å². The molecular formula is C14H23BrN2O. The van der Waals surface area contributed by atoms with Crippen molar-refractivity contribution < 1.29 is 4.74 Å². The molecule has 0 aromatic heterocycles. The molecule has 0 saturated carbocycles. The predicted octanol–water partition coefficient (Wildman–Crippen LogP) is 2.81. The van der Waals surface area contributed by atoms with Crippen molar-refractivity contribution in [2.75, 3.05) is 33.8 Å². The topological polar surface area (TPSA) is 24.5 Å². The lowest BCUT2D eigenvalue weighted by Crippen LogP contribution is -2.20. The van der Waals surface area contributed by atoms with Crippen LogP contribution >= 0.6 is 15.9 Å². The zero-order valence-corrected chi connectivity index (χ0v) is 13.3. The Hall–Kier alpha value is -0.580. The number of ether oxygens (including phenoxy) is 1. The first-order valence-corrected chi connectivity index (χ1v) is 7.11. The summed E-state index contributed by atoms with van der Waals surface area (Å²) in [6, 6.07) is 4.22. The van der Waals surface area contributed by atoms with Crippen molar-refractivity contribution in [1.29, 1.82) is 0 Å². The van der Waals surface area contributed by atoms with Crippen LogP contribution in [0.25, 0.3) is 0 Å². The first kappa shape index (κ1) is 15.5. The number of hydrogen-bond donors (Lipinski definition) is 1. The number of benzene rings is 1. The lowest BCUT2D eigenvalue weighted by atomic mass is 10.1. The Morgan fingerprint density at radius 2 is 2.06 bits per heavy atom. The quantitative estimate of drug-likeness (QED) is 0.837. The minimum absolute atomic E-state index is 0.717. The highest BCUT2D eigenvalue weighted by molar-refractivity contribution is 9.10. The van der Waals surface area contributed by atoms with Gasteiger partial charge in [0.15, 0.2) is 0 Å². The van der Waals surface area contributed by atoms with Crippen LogP contribution < -0.4 is 10.1 Å². The van der Waals surface area contributed by atoms with Crippen molar-refractivity contribution in [3.05, 3.63) is 27.7 Å². The zero-order valence-electron chi connectivity index (χ0n) is 11.7. The van der Waals surface area contributed by atoms with Gasteiger partial charge in [0.25, 0.3) is 0 Å². The van der Waals surface area contributed by atoms with E-state index in [1.54, 1.807) is 0 Å². The summed E-state index contributed by atoms with van der Waals surface area (Å²) >= 11 is 3.54. The van der Waals surface area contributed by atoms with E-state index < -0.39 is 0 Å². The lowest BCUT2D eigenvalue weighted by Gasteiger charge is -2.17. The molecule has 0 aliphatic rings. The van der Waals surface area contributed by atoms with Crippen LogP contribution in [0.5, 0.6) is 5.75 Å². The van der Waals surface area contributed by atoms with E-state index in [1.807, 2.05) is 0 Å². The summed E-state index contributed by atoms with van der Waals surface area (Å²) in [5.74, 6) is 1.01. The highest BCUT2D eigenvalue weighted by atomic mass is 79.9. The minimum atomic E-state index is 0.717. The van der Waals surface area contributed by atoms with E-state index in [2.05, 4.69) is 66.2 Å².